The number of halogens is 4. The fraction of sp³-hybridized carbons (Fsp3) is 0.143. The second-order valence-electron chi connectivity index (χ2n) is 2.46. The number of hydrogen-bond donors (Lipinski definition) is 0. The van der Waals surface area contributed by atoms with E-state index < -0.39 is 18.3 Å². The first-order valence-corrected chi connectivity index (χ1v) is 3.48. The molecule has 0 aliphatic rings. The maximum Gasteiger partial charge on any atom is 1.00 e. The summed E-state index contributed by atoms with van der Waals surface area (Å²) in [6.45, 7) is -5.31. The van der Waals surface area contributed by atoms with Crippen LogP contribution in [-0.2, 0) is 0 Å². The molecule has 0 saturated heterocycles. The zero-order chi connectivity index (χ0) is 10.1. The number of benzene rings is 1. The fourth-order valence-corrected chi connectivity index (χ4v) is 0.900. The van der Waals surface area contributed by atoms with Crippen LogP contribution in [0.2, 0.25) is 0 Å². The first-order chi connectivity index (χ1) is 5.95. The molecule has 0 atom stereocenters. The van der Waals surface area contributed by atoms with E-state index in [1.165, 1.54) is 7.11 Å². The van der Waals surface area contributed by atoms with Gasteiger partial charge in [0.05, 0.1) is 12.9 Å². The molecule has 14 heavy (non-hydrogen) atoms. The minimum Gasteiger partial charge on any atom is -0.497 e. The van der Waals surface area contributed by atoms with Crippen LogP contribution in [0.3, 0.4) is 0 Å². The van der Waals surface area contributed by atoms with Crippen LogP contribution < -0.4 is 61.6 Å². The molecule has 0 aliphatic carbocycles. The Morgan fingerprint density at radius 3 is 2.21 bits per heavy atom. The summed E-state index contributed by atoms with van der Waals surface area (Å²) in [6.07, 6.45) is 0. The van der Waals surface area contributed by atoms with Gasteiger partial charge in [0, 0.05) is 0 Å². The third kappa shape index (κ3) is 3.54. The maximum atomic E-state index is 12.6. The van der Waals surface area contributed by atoms with E-state index in [0.29, 0.717) is 6.07 Å². The van der Waals surface area contributed by atoms with Crippen molar-refractivity contribution >= 4 is 12.4 Å². The van der Waals surface area contributed by atoms with Gasteiger partial charge in [0.25, 0.3) is 0 Å². The van der Waals surface area contributed by atoms with Gasteiger partial charge in [-0.05, 0) is 18.2 Å². The molecule has 0 fully saturated rings. The smallest absolute Gasteiger partial charge is 0.497 e. The monoisotopic (exact) mass is 232 g/mol. The molecule has 1 aromatic carbocycles. The van der Waals surface area contributed by atoms with E-state index in [4.69, 9.17) is 0 Å². The molecule has 0 unspecified atom stereocenters. The van der Waals surface area contributed by atoms with Crippen LogP contribution in [0.25, 0.3) is 0 Å². The molecule has 0 N–H and O–H groups in total. The average molecular weight is 232 g/mol. The second kappa shape index (κ2) is 5.50. The molecule has 72 valence electrons. The quantitative estimate of drug-likeness (QED) is 0.464. The molecule has 0 saturated carbocycles. The summed E-state index contributed by atoms with van der Waals surface area (Å²) in [7, 11) is 1.22. The van der Waals surface area contributed by atoms with Crippen LogP contribution in [0.4, 0.5) is 17.3 Å². The van der Waals surface area contributed by atoms with Crippen LogP contribution >= 0.6 is 0 Å². The molecular formula is C7H6BF4KO. The van der Waals surface area contributed by atoms with Crippen molar-refractivity contribution < 1.29 is 73.5 Å². The molecule has 7 heteroatoms. The normalized spacial score (nSPS) is 10.6. The van der Waals surface area contributed by atoms with Gasteiger partial charge in [-0.1, -0.05) is 5.46 Å². The van der Waals surface area contributed by atoms with Crippen molar-refractivity contribution in [3.05, 3.63) is 24.0 Å². The zero-order valence-electron chi connectivity index (χ0n) is 7.73. The van der Waals surface area contributed by atoms with Gasteiger partial charge in [0.1, 0.15) is 5.75 Å². The van der Waals surface area contributed by atoms with Gasteiger partial charge >= 0.3 is 58.4 Å². The maximum absolute atomic E-state index is 12.6. The molecule has 0 radical (unpaired) electrons. The number of methoxy groups -OCH3 is 1. The van der Waals surface area contributed by atoms with E-state index in [2.05, 4.69) is 4.74 Å². The topological polar surface area (TPSA) is 9.23 Å². The summed E-state index contributed by atoms with van der Waals surface area (Å²) in [6, 6.07) is 2.53. The van der Waals surface area contributed by atoms with Crippen LogP contribution in [0.5, 0.6) is 5.75 Å². The molecule has 0 aromatic heterocycles. The molecule has 1 aromatic rings. The average Bonchev–Trinajstić information content (AvgIpc) is 2.03. The van der Waals surface area contributed by atoms with E-state index in [-0.39, 0.29) is 57.1 Å². The van der Waals surface area contributed by atoms with Gasteiger partial charge in [-0.15, -0.1) is 0 Å². The number of hydrogen-bond acceptors (Lipinski definition) is 1. The van der Waals surface area contributed by atoms with Crippen LogP contribution in [-0.4, -0.2) is 14.1 Å². The number of ether oxygens (including phenoxy) is 1. The van der Waals surface area contributed by atoms with Gasteiger partial charge in [0.2, 0.25) is 0 Å². The van der Waals surface area contributed by atoms with Crippen LogP contribution in [0.1, 0.15) is 0 Å². The van der Waals surface area contributed by atoms with Gasteiger partial charge in [-0.2, -0.15) is 0 Å². The standard InChI is InChI=1S/C7H6BF4O.K/c1-13-5-2-3-7(9)6(4-5)8(10,11)12;/h2-4H,1H3;/q-1;+1. The van der Waals surface area contributed by atoms with E-state index >= 15 is 0 Å². The predicted molar refractivity (Wildman–Crippen MR) is 41.7 cm³/mol. The predicted octanol–water partition coefficient (Wildman–Crippen LogP) is -1.11. The molecular weight excluding hydrogens is 226 g/mol. The van der Waals surface area contributed by atoms with Crippen molar-refractivity contribution in [2.24, 2.45) is 0 Å². The van der Waals surface area contributed by atoms with Gasteiger partial charge in [-0.25, -0.2) is 4.39 Å². The van der Waals surface area contributed by atoms with Gasteiger partial charge in [0.15, 0.2) is 0 Å². The third-order valence-corrected chi connectivity index (χ3v) is 1.56. The number of rotatable bonds is 2. The molecule has 0 bridgehead atoms. The Hall–Kier alpha value is 0.441. The Morgan fingerprint density at radius 1 is 1.21 bits per heavy atom. The molecule has 0 heterocycles. The first-order valence-electron chi connectivity index (χ1n) is 3.48. The summed E-state index contributed by atoms with van der Waals surface area (Å²) in [4.78, 5) is 0. The summed E-state index contributed by atoms with van der Waals surface area (Å²) < 4.78 is 53.6. The zero-order valence-corrected chi connectivity index (χ0v) is 10.9. The fourth-order valence-electron chi connectivity index (χ4n) is 0.900. The van der Waals surface area contributed by atoms with Gasteiger partial charge in [-0.3, -0.25) is 0 Å². The Bertz CT molecular complexity index is 315. The summed E-state index contributed by atoms with van der Waals surface area (Å²) in [5, 5.41) is 0. The summed E-state index contributed by atoms with van der Waals surface area (Å²) in [5.74, 6) is -1.27. The summed E-state index contributed by atoms with van der Waals surface area (Å²) in [5.41, 5.74) is -1.25. The molecule has 1 rings (SSSR count). The van der Waals surface area contributed by atoms with E-state index in [1.807, 2.05) is 0 Å². The van der Waals surface area contributed by atoms with Crippen molar-refractivity contribution in [3.8, 4) is 5.75 Å². The van der Waals surface area contributed by atoms with Gasteiger partial charge < -0.3 is 17.7 Å². The SMILES string of the molecule is COc1ccc(F)c([B-](F)(F)F)c1.[K+]. The minimum atomic E-state index is -5.31. The molecule has 0 amide bonds. The first kappa shape index (κ1) is 14.4. The summed E-state index contributed by atoms with van der Waals surface area (Å²) >= 11 is 0. The van der Waals surface area contributed by atoms with E-state index in [1.54, 1.807) is 0 Å². The van der Waals surface area contributed by atoms with Crippen molar-refractivity contribution in [1.29, 1.82) is 0 Å². The van der Waals surface area contributed by atoms with Crippen molar-refractivity contribution in [2.45, 2.75) is 0 Å². The molecule has 0 aliphatic heterocycles. The van der Waals surface area contributed by atoms with E-state index in [0.717, 1.165) is 12.1 Å². The van der Waals surface area contributed by atoms with Crippen molar-refractivity contribution in [2.75, 3.05) is 7.11 Å². The third-order valence-electron chi connectivity index (χ3n) is 1.56. The second-order valence-corrected chi connectivity index (χ2v) is 2.46. The van der Waals surface area contributed by atoms with Crippen molar-refractivity contribution in [3.63, 3.8) is 0 Å². The van der Waals surface area contributed by atoms with Crippen LogP contribution in [0.15, 0.2) is 18.2 Å². The molecule has 0 spiro atoms. The minimum absolute atomic E-state index is 0. The Morgan fingerprint density at radius 2 is 1.79 bits per heavy atom. The Kier molecular flexibility index (Phi) is 5.68. The Labute approximate surface area is 121 Å². The molecule has 1 nitrogen and oxygen atoms in total. The van der Waals surface area contributed by atoms with Crippen molar-refractivity contribution in [1.82, 2.24) is 0 Å². The van der Waals surface area contributed by atoms with Crippen LogP contribution in [0, 0.1) is 5.82 Å². The Balaban J connectivity index is 0.00000169. The largest absolute Gasteiger partial charge is 1.00 e. The van der Waals surface area contributed by atoms with E-state index in [9.17, 15) is 17.3 Å².